The Morgan fingerprint density at radius 1 is 0.933 bits per heavy atom. The van der Waals surface area contributed by atoms with Crippen LogP contribution in [-0.2, 0) is 16.1 Å². The number of hydrogen-bond acceptors (Lipinski definition) is 4. The fourth-order valence-electron chi connectivity index (χ4n) is 4.84. The Kier molecular flexibility index (Phi) is 6.52. The van der Waals surface area contributed by atoms with Crippen molar-refractivity contribution in [2.45, 2.75) is 38.8 Å². The first-order chi connectivity index (χ1) is 14.6. The summed E-state index contributed by atoms with van der Waals surface area (Å²) in [7, 11) is 0. The minimum Gasteiger partial charge on any atom is -0.379 e. The quantitative estimate of drug-likeness (QED) is 0.822. The number of ether oxygens (including phenoxy) is 1. The maximum absolute atomic E-state index is 13.7. The monoisotopic (exact) mass is 407 g/mol. The van der Waals surface area contributed by atoms with E-state index in [9.17, 15) is 4.79 Å². The van der Waals surface area contributed by atoms with Gasteiger partial charge in [0.05, 0.1) is 13.2 Å². The van der Waals surface area contributed by atoms with Crippen LogP contribution in [0.15, 0.2) is 48.5 Å². The highest BCUT2D eigenvalue weighted by Gasteiger charge is 2.46. The van der Waals surface area contributed by atoms with Gasteiger partial charge in [-0.15, -0.1) is 0 Å². The Bertz CT molecular complexity index is 834. The molecule has 5 heteroatoms. The van der Waals surface area contributed by atoms with Gasteiger partial charge in [0.1, 0.15) is 5.54 Å². The average Bonchev–Trinajstić information content (AvgIpc) is 2.78. The molecular weight excluding hydrogens is 374 g/mol. The van der Waals surface area contributed by atoms with Crippen molar-refractivity contribution < 1.29 is 9.53 Å². The fraction of sp³-hybridized carbons (Fsp3) is 0.480. The molecular formula is C25H33N3O2. The van der Waals surface area contributed by atoms with Gasteiger partial charge in [0.25, 0.3) is 0 Å². The van der Waals surface area contributed by atoms with Crippen LogP contribution in [0.2, 0.25) is 0 Å². The van der Waals surface area contributed by atoms with E-state index >= 15 is 0 Å². The van der Waals surface area contributed by atoms with E-state index < -0.39 is 5.54 Å². The highest BCUT2D eigenvalue weighted by Crippen LogP contribution is 2.33. The summed E-state index contributed by atoms with van der Waals surface area (Å²) in [5.74, 6) is 0.140. The van der Waals surface area contributed by atoms with Crippen LogP contribution in [0.3, 0.4) is 0 Å². The number of carbonyl (C=O) groups excluding carboxylic acids is 1. The van der Waals surface area contributed by atoms with Crippen molar-refractivity contribution in [3.05, 3.63) is 65.2 Å². The normalized spacial score (nSPS) is 20.1. The standard InChI is InChI=1S/C25H33N3O2/c1-20-7-6-8-21(2)23(20)26-24(29)25(28-15-17-30-18-16-28)11-13-27(14-12-25)19-22-9-4-3-5-10-22/h3-10H,11-19H2,1-2H3,(H,26,29). The number of benzene rings is 2. The van der Waals surface area contributed by atoms with Crippen molar-refractivity contribution in [2.24, 2.45) is 0 Å². The highest BCUT2D eigenvalue weighted by atomic mass is 16.5. The molecule has 2 aromatic rings. The number of likely N-dealkylation sites (tertiary alicyclic amines) is 1. The molecule has 0 radical (unpaired) electrons. The predicted molar refractivity (Wildman–Crippen MR) is 121 cm³/mol. The third-order valence-corrected chi connectivity index (χ3v) is 6.69. The molecule has 0 unspecified atom stereocenters. The van der Waals surface area contributed by atoms with Crippen molar-refractivity contribution in [3.8, 4) is 0 Å². The van der Waals surface area contributed by atoms with Crippen LogP contribution >= 0.6 is 0 Å². The van der Waals surface area contributed by atoms with Crippen molar-refractivity contribution in [2.75, 3.05) is 44.7 Å². The minimum atomic E-state index is -0.467. The summed E-state index contributed by atoms with van der Waals surface area (Å²) in [5.41, 5.74) is 4.05. The zero-order valence-electron chi connectivity index (χ0n) is 18.2. The smallest absolute Gasteiger partial charge is 0.245 e. The molecule has 1 amide bonds. The summed E-state index contributed by atoms with van der Waals surface area (Å²) in [5, 5.41) is 3.31. The number of hydrogen-bond donors (Lipinski definition) is 1. The predicted octanol–water partition coefficient (Wildman–Crippen LogP) is 3.61. The van der Waals surface area contributed by atoms with Gasteiger partial charge in [-0.1, -0.05) is 48.5 Å². The first kappa shape index (κ1) is 21.0. The first-order valence-corrected chi connectivity index (χ1v) is 11.1. The lowest BCUT2D eigenvalue weighted by Crippen LogP contribution is -2.64. The van der Waals surface area contributed by atoms with Gasteiger partial charge in [-0.25, -0.2) is 0 Å². The van der Waals surface area contributed by atoms with Crippen LogP contribution in [-0.4, -0.2) is 60.6 Å². The zero-order chi connectivity index (χ0) is 21.0. The van der Waals surface area contributed by atoms with E-state index in [4.69, 9.17) is 4.74 Å². The number of amides is 1. The molecule has 5 nitrogen and oxygen atoms in total. The molecule has 4 rings (SSSR count). The second-order valence-electron chi connectivity index (χ2n) is 8.61. The van der Waals surface area contributed by atoms with Crippen LogP contribution in [0.1, 0.15) is 29.5 Å². The van der Waals surface area contributed by atoms with Crippen LogP contribution in [0.5, 0.6) is 0 Å². The van der Waals surface area contributed by atoms with Crippen LogP contribution < -0.4 is 5.32 Å². The molecule has 2 heterocycles. The number of morpholine rings is 1. The van der Waals surface area contributed by atoms with Gasteiger partial charge in [-0.05, 0) is 43.4 Å². The summed E-state index contributed by atoms with van der Waals surface area (Å²) in [6.45, 7) is 9.95. The maximum Gasteiger partial charge on any atom is 0.245 e. The van der Waals surface area contributed by atoms with Gasteiger partial charge in [0, 0.05) is 38.4 Å². The minimum absolute atomic E-state index is 0.140. The molecule has 2 saturated heterocycles. The Labute approximate surface area is 180 Å². The molecule has 30 heavy (non-hydrogen) atoms. The molecule has 160 valence electrons. The van der Waals surface area contributed by atoms with Gasteiger partial charge in [0.2, 0.25) is 5.91 Å². The number of anilines is 1. The zero-order valence-corrected chi connectivity index (χ0v) is 18.2. The summed E-state index contributed by atoms with van der Waals surface area (Å²) in [4.78, 5) is 18.6. The fourth-order valence-corrected chi connectivity index (χ4v) is 4.84. The number of rotatable bonds is 5. The third-order valence-electron chi connectivity index (χ3n) is 6.69. The number of carbonyl (C=O) groups is 1. The summed E-state index contributed by atoms with van der Waals surface area (Å²) in [6, 6.07) is 16.8. The molecule has 2 aromatic carbocycles. The molecule has 2 fully saturated rings. The summed E-state index contributed by atoms with van der Waals surface area (Å²) < 4.78 is 5.59. The highest BCUT2D eigenvalue weighted by molar-refractivity contribution is 5.99. The van der Waals surface area contributed by atoms with E-state index in [1.807, 2.05) is 6.07 Å². The molecule has 0 saturated carbocycles. The number of para-hydroxylation sites is 1. The van der Waals surface area contributed by atoms with Gasteiger partial charge in [0.15, 0.2) is 0 Å². The molecule has 0 aromatic heterocycles. The lowest BCUT2D eigenvalue weighted by atomic mass is 9.83. The van der Waals surface area contributed by atoms with Gasteiger partial charge >= 0.3 is 0 Å². The van der Waals surface area contributed by atoms with Crippen LogP contribution in [0.4, 0.5) is 5.69 Å². The second kappa shape index (κ2) is 9.29. The summed E-state index contributed by atoms with van der Waals surface area (Å²) >= 11 is 0. The molecule has 2 aliphatic rings. The van der Waals surface area contributed by atoms with Gasteiger partial charge in [-0.2, -0.15) is 0 Å². The third kappa shape index (κ3) is 4.43. The van der Waals surface area contributed by atoms with E-state index in [-0.39, 0.29) is 5.91 Å². The van der Waals surface area contributed by atoms with Crippen molar-refractivity contribution in [1.29, 1.82) is 0 Å². The van der Waals surface area contributed by atoms with E-state index in [0.29, 0.717) is 13.2 Å². The van der Waals surface area contributed by atoms with Gasteiger partial charge in [-0.3, -0.25) is 14.6 Å². The number of nitrogens with zero attached hydrogens (tertiary/aromatic N) is 2. The average molecular weight is 408 g/mol. The molecule has 0 bridgehead atoms. The Morgan fingerprint density at radius 2 is 1.57 bits per heavy atom. The number of nitrogens with one attached hydrogen (secondary N) is 1. The SMILES string of the molecule is Cc1cccc(C)c1NC(=O)C1(N2CCOCC2)CCN(Cc2ccccc2)CC1. The lowest BCUT2D eigenvalue weighted by molar-refractivity contribution is -0.136. The Morgan fingerprint density at radius 3 is 2.20 bits per heavy atom. The van der Waals surface area contributed by atoms with Gasteiger partial charge < -0.3 is 10.1 Å². The van der Waals surface area contributed by atoms with Crippen molar-refractivity contribution >= 4 is 11.6 Å². The Balaban J connectivity index is 1.52. The topological polar surface area (TPSA) is 44.8 Å². The van der Waals surface area contributed by atoms with Crippen LogP contribution in [0, 0.1) is 13.8 Å². The number of piperidine rings is 1. The van der Waals surface area contributed by atoms with E-state index in [2.05, 4.69) is 71.4 Å². The van der Waals surface area contributed by atoms with Crippen molar-refractivity contribution in [1.82, 2.24) is 9.80 Å². The maximum atomic E-state index is 13.7. The first-order valence-electron chi connectivity index (χ1n) is 11.1. The molecule has 1 N–H and O–H groups in total. The summed E-state index contributed by atoms with van der Waals surface area (Å²) in [6.07, 6.45) is 1.69. The van der Waals surface area contributed by atoms with E-state index in [0.717, 1.165) is 62.4 Å². The van der Waals surface area contributed by atoms with E-state index in [1.54, 1.807) is 0 Å². The van der Waals surface area contributed by atoms with Crippen molar-refractivity contribution in [3.63, 3.8) is 0 Å². The molecule has 0 spiro atoms. The van der Waals surface area contributed by atoms with Crippen LogP contribution in [0.25, 0.3) is 0 Å². The largest absolute Gasteiger partial charge is 0.379 e. The Hall–Kier alpha value is -2.21. The second-order valence-corrected chi connectivity index (χ2v) is 8.61. The molecule has 2 aliphatic heterocycles. The lowest BCUT2D eigenvalue weighted by Gasteiger charge is -2.48. The molecule has 0 atom stereocenters. The van der Waals surface area contributed by atoms with E-state index in [1.165, 1.54) is 5.56 Å². The molecule has 0 aliphatic carbocycles. The number of aryl methyl sites for hydroxylation is 2.